The van der Waals surface area contributed by atoms with Crippen LogP contribution in [-0.2, 0) is 21.2 Å². The molecule has 1 unspecified atom stereocenters. The fraction of sp³-hybridized carbons (Fsp3) is 0.333. The number of imidazole rings is 1. The van der Waals surface area contributed by atoms with Gasteiger partial charge in [0.2, 0.25) is 10.0 Å². The normalized spacial score (nSPS) is 16.7. The second kappa shape index (κ2) is 8.95. The number of pyridine rings is 1. The molecular weight excluding hydrogens is 404 g/mol. The topological polar surface area (TPSA) is 102 Å². The summed E-state index contributed by atoms with van der Waals surface area (Å²) in [7, 11) is -3.63. The van der Waals surface area contributed by atoms with E-state index in [9.17, 15) is 13.2 Å². The van der Waals surface area contributed by atoms with Crippen LogP contribution in [0.15, 0.2) is 59.8 Å². The summed E-state index contributed by atoms with van der Waals surface area (Å²) in [5.74, 6) is -0.255. The van der Waals surface area contributed by atoms with E-state index in [4.69, 9.17) is 4.74 Å². The molecule has 1 aromatic carbocycles. The fourth-order valence-electron chi connectivity index (χ4n) is 3.39. The molecule has 0 bridgehead atoms. The van der Waals surface area contributed by atoms with Gasteiger partial charge in [0.05, 0.1) is 16.7 Å². The Labute approximate surface area is 175 Å². The summed E-state index contributed by atoms with van der Waals surface area (Å²) in [6, 6.07) is 11.7. The van der Waals surface area contributed by atoms with Crippen molar-refractivity contribution in [2.75, 3.05) is 19.7 Å². The van der Waals surface area contributed by atoms with Crippen LogP contribution in [0, 0.1) is 0 Å². The van der Waals surface area contributed by atoms with Crippen molar-refractivity contribution in [3.05, 3.63) is 66.1 Å². The Morgan fingerprint density at radius 1 is 1.20 bits per heavy atom. The van der Waals surface area contributed by atoms with Crippen molar-refractivity contribution in [1.82, 2.24) is 19.4 Å². The second-order valence-electron chi connectivity index (χ2n) is 7.22. The highest BCUT2D eigenvalue weighted by Gasteiger charge is 2.20. The number of ether oxygens (including phenoxy) is 1. The molecule has 0 aliphatic carbocycles. The van der Waals surface area contributed by atoms with Crippen LogP contribution >= 0.6 is 0 Å². The van der Waals surface area contributed by atoms with E-state index in [2.05, 4.69) is 15.0 Å². The van der Waals surface area contributed by atoms with E-state index in [1.165, 1.54) is 24.3 Å². The Balaban J connectivity index is 1.29. The third-order valence-corrected chi connectivity index (χ3v) is 6.47. The van der Waals surface area contributed by atoms with Gasteiger partial charge in [0.1, 0.15) is 5.65 Å². The molecule has 2 aromatic heterocycles. The summed E-state index contributed by atoms with van der Waals surface area (Å²) in [6.07, 6.45) is 6.20. The van der Waals surface area contributed by atoms with Gasteiger partial charge in [-0.25, -0.2) is 18.1 Å². The SMILES string of the molecule is O=C(NCCc1cn2ccccc2n1)c1ccc(S(=O)(=O)NCC2CCCO2)cc1. The minimum atomic E-state index is -3.63. The molecule has 158 valence electrons. The zero-order chi connectivity index (χ0) is 21.0. The van der Waals surface area contributed by atoms with E-state index < -0.39 is 10.0 Å². The molecule has 4 rings (SSSR count). The Morgan fingerprint density at radius 3 is 2.77 bits per heavy atom. The predicted octanol–water partition coefficient (Wildman–Crippen LogP) is 1.76. The third-order valence-electron chi connectivity index (χ3n) is 5.03. The first-order valence-corrected chi connectivity index (χ1v) is 11.4. The first-order valence-electron chi connectivity index (χ1n) is 9.93. The largest absolute Gasteiger partial charge is 0.377 e. The minimum absolute atomic E-state index is 0.0715. The molecule has 1 amide bonds. The lowest BCUT2D eigenvalue weighted by molar-refractivity contribution is 0.0954. The minimum Gasteiger partial charge on any atom is -0.377 e. The van der Waals surface area contributed by atoms with E-state index in [0.29, 0.717) is 25.1 Å². The van der Waals surface area contributed by atoms with E-state index in [1.54, 1.807) is 0 Å². The van der Waals surface area contributed by atoms with Gasteiger partial charge in [-0.3, -0.25) is 4.79 Å². The summed E-state index contributed by atoms with van der Waals surface area (Å²) in [4.78, 5) is 17.0. The van der Waals surface area contributed by atoms with Gasteiger partial charge in [0, 0.05) is 44.1 Å². The number of hydrogen-bond acceptors (Lipinski definition) is 5. The van der Waals surface area contributed by atoms with E-state index in [1.807, 2.05) is 35.0 Å². The maximum atomic E-state index is 12.4. The lowest BCUT2D eigenvalue weighted by Gasteiger charge is -2.11. The highest BCUT2D eigenvalue weighted by atomic mass is 32.2. The number of hydrogen-bond donors (Lipinski definition) is 2. The molecule has 0 radical (unpaired) electrons. The summed E-state index contributed by atoms with van der Waals surface area (Å²) >= 11 is 0. The molecule has 0 spiro atoms. The molecule has 0 saturated carbocycles. The number of nitrogens with zero attached hydrogens (tertiary/aromatic N) is 2. The maximum absolute atomic E-state index is 12.4. The number of sulfonamides is 1. The first-order chi connectivity index (χ1) is 14.5. The maximum Gasteiger partial charge on any atom is 0.251 e. The average Bonchev–Trinajstić information content (AvgIpc) is 3.42. The standard InChI is InChI=1S/C21H24N4O4S/c26-21(22-11-10-17-15-25-12-2-1-5-20(25)24-17)16-6-8-19(9-7-16)30(27,28)23-14-18-4-3-13-29-18/h1-2,5-9,12,15,18,23H,3-4,10-11,13-14H2,(H,22,26). The van der Waals surface area contributed by atoms with Gasteiger partial charge in [0.15, 0.2) is 0 Å². The van der Waals surface area contributed by atoms with Crippen LogP contribution in [0.5, 0.6) is 0 Å². The molecular formula is C21H24N4O4S. The molecule has 30 heavy (non-hydrogen) atoms. The highest BCUT2D eigenvalue weighted by Crippen LogP contribution is 2.14. The van der Waals surface area contributed by atoms with Crippen molar-refractivity contribution >= 4 is 21.6 Å². The number of aromatic nitrogens is 2. The number of fused-ring (bicyclic) bond motifs is 1. The molecule has 1 saturated heterocycles. The Bertz CT molecular complexity index is 1090. The number of carbonyl (C=O) groups is 1. The molecule has 1 aliphatic rings. The molecule has 9 heteroatoms. The third kappa shape index (κ3) is 4.86. The monoisotopic (exact) mass is 428 g/mol. The van der Waals surface area contributed by atoms with Crippen molar-refractivity contribution < 1.29 is 17.9 Å². The summed E-state index contributed by atoms with van der Waals surface area (Å²) in [5.41, 5.74) is 2.16. The van der Waals surface area contributed by atoms with Crippen molar-refractivity contribution in [1.29, 1.82) is 0 Å². The van der Waals surface area contributed by atoms with Gasteiger partial charge in [0.25, 0.3) is 5.91 Å². The molecule has 1 atom stereocenters. The van der Waals surface area contributed by atoms with Crippen LogP contribution in [0.1, 0.15) is 28.9 Å². The number of nitrogens with one attached hydrogen (secondary N) is 2. The van der Waals surface area contributed by atoms with Crippen LogP contribution in [0.3, 0.4) is 0 Å². The number of carbonyl (C=O) groups excluding carboxylic acids is 1. The van der Waals surface area contributed by atoms with Gasteiger partial charge in [-0.05, 0) is 49.2 Å². The summed E-state index contributed by atoms with van der Waals surface area (Å²) < 4.78 is 34.7. The molecule has 3 aromatic rings. The zero-order valence-corrected chi connectivity index (χ0v) is 17.3. The molecule has 3 heterocycles. The van der Waals surface area contributed by atoms with Crippen LogP contribution in [-0.4, -0.2) is 49.5 Å². The zero-order valence-electron chi connectivity index (χ0n) is 16.5. The van der Waals surface area contributed by atoms with Gasteiger partial charge >= 0.3 is 0 Å². The van der Waals surface area contributed by atoms with E-state index in [-0.39, 0.29) is 23.5 Å². The van der Waals surface area contributed by atoms with Gasteiger partial charge in [-0.2, -0.15) is 0 Å². The van der Waals surface area contributed by atoms with Crippen LogP contribution in [0.2, 0.25) is 0 Å². The molecule has 1 aliphatic heterocycles. The van der Waals surface area contributed by atoms with Crippen molar-refractivity contribution in [2.45, 2.75) is 30.3 Å². The Morgan fingerprint density at radius 2 is 2.03 bits per heavy atom. The fourth-order valence-corrected chi connectivity index (χ4v) is 4.46. The van der Waals surface area contributed by atoms with Crippen LogP contribution in [0.25, 0.3) is 5.65 Å². The predicted molar refractivity (Wildman–Crippen MR) is 112 cm³/mol. The number of amides is 1. The summed E-state index contributed by atoms with van der Waals surface area (Å²) in [5, 5.41) is 2.84. The summed E-state index contributed by atoms with van der Waals surface area (Å²) in [6.45, 7) is 1.37. The second-order valence-corrected chi connectivity index (χ2v) is 8.98. The Kier molecular flexibility index (Phi) is 6.12. The Hall–Kier alpha value is -2.75. The van der Waals surface area contributed by atoms with Crippen molar-refractivity contribution in [3.63, 3.8) is 0 Å². The van der Waals surface area contributed by atoms with Crippen molar-refractivity contribution in [3.8, 4) is 0 Å². The molecule has 1 fully saturated rings. The van der Waals surface area contributed by atoms with E-state index in [0.717, 1.165) is 24.2 Å². The first kappa shape index (κ1) is 20.5. The lowest BCUT2D eigenvalue weighted by Crippen LogP contribution is -2.32. The highest BCUT2D eigenvalue weighted by molar-refractivity contribution is 7.89. The van der Waals surface area contributed by atoms with Gasteiger partial charge < -0.3 is 14.5 Å². The van der Waals surface area contributed by atoms with Gasteiger partial charge in [-0.15, -0.1) is 0 Å². The quantitative estimate of drug-likeness (QED) is 0.569. The number of rotatable bonds is 8. The van der Waals surface area contributed by atoms with Crippen LogP contribution < -0.4 is 10.0 Å². The molecule has 2 N–H and O–H groups in total. The van der Waals surface area contributed by atoms with Crippen LogP contribution in [0.4, 0.5) is 0 Å². The molecule has 8 nitrogen and oxygen atoms in total. The van der Waals surface area contributed by atoms with Gasteiger partial charge in [-0.1, -0.05) is 6.07 Å². The van der Waals surface area contributed by atoms with Crippen molar-refractivity contribution in [2.24, 2.45) is 0 Å². The number of benzene rings is 1. The lowest BCUT2D eigenvalue weighted by atomic mass is 10.2. The average molecular weight is 429 g/mol. The van der Waals surface area contributed by atoms with E-state index >= 15 is 0 Å². The smallest absolute Gasteiger partial charge is 0.251 e.